The smallest absolute Gasteiger partial charge is 0.137 e. The first kappa shape index (κ1) is 12.8. The second kappa shape index (κ2) is 5.05. The van der Waals surface area contributed by atoms with Crippen LogP contribution >= 0.6 is 27.5 Å². The Morgan fingerprint density at radius 2 is 1.94 bits per heavy atom. The Hall–Kier alpha value is -0.210. The summed E-state index contributed by atoms with van der Waals surface area (Å²) in [5, 5.41) is 0.711. The number of fused-ring (bicyclic) bond motifs is 1. The highest BCUT2D eigenvalue weighted by Crippen LogP contribution is 2.62. The normalized spacial score (nSPS) is 31.6. The molecule has 18 heavy (non-hydrogen) atoms. The average molecular weight is 330 g/mol. The van der Waals surface area contributed by atoms with E-state index in [4.69, 9.17) is 16.3 Å². The third-order valence-electron chi connectivity index (χ3n) is 4.55. The maximum absolute atomic E-state index is 6.21. The van der Waals surface area contributed by atoms with Crippen LogP contribution in [0.25, 0.3) is 0 Å². The summed E-state index contributed by atoms with van der Waals surface area (Å²) < 4.78 is 5.20. The van der Waals surface area contributed by atoms with Crippen molar-refractivity contribution in [2.75, 3.05) is 7.11 Å². The van der Waals surface area contributed by atoms with E-state index in [2.05, 4.69) is 22.0 Å². The van der Waals surface area contributed by atoms with Crippen LogP contribution in [0.4, 0.5) is 0 Å². The zero-order chi connectivity index (χ0) is 12.7. The molecule has 0 aromatic heterocycles. The van der Waals surface area contributed by atoms with Gasteiger partial charge in [-0.25, -0.2) is 0 Å². The van der Waals surface area contributed by atoms with Crippen LogP contribution in [0.1, 0.15) is 36.1 Å². The maximum Gasteiger partial charge on any atom is 0.137 e. The topological polar surface area (TPSA) is 9.23 Å². The predicted octanol–water partition coefficient (Wildman–Crippen LogP) is 5.22. The molecule has 2 fully saturated rings. The summed E-state index contributed by atoms with van der Waals surface area (Å²) in [6.45, 7) is 0. The SMILES string of the molecule is COc1ccc(C(Br)C2C3CCCCC32)cc1Cl. The minimum Gasteiger partial charge on any atom is -0.495 e. The van der Waals surface area contributed by atoms with Crippen molar-refractivity contribution in [2.45, 2.75) is 30.5 Å². The molecular formula is C15H18BrClO. The fourth-order valence-electron chi connectivity index (χ4n) is 3.56. The molecule has 1 aromatic carbocycles. The van der Waals surface area contributed by atoms with Gasteiger partial charge in [0.25, 0.3) is 0 Å². The number of ether oxygens (including phenoxy) is 1. The van der Waals surface area contributed by atoms with Crippen molar-refractivity contribution >= 4 is 27.5 Å². The van der Waals surface area contributed by atoms with Crippen LogP contribution in [-0.4, -0.2) is 7.11 Å². The Bertz CT molecular complexity index is 436. The largest absolute Gasteiger partial charge is 0.495 e. The monoisotopic (exact) mass is 328 g/mol. The quantitative estimate of drug-likeness (QED) is 0.691. The lowest BCUT2D eigenvalue weighted by Crippen LogP contribution is -1.96. The molecule has 2 aliphatic rings. The van der Waals surface area contributed by atoms with Crippen LogP contribution in [0.2, 0.25) is 5.02 Å². The van der Waals surface area contributed by atoms with E-state index < -0.39 is 0 Å². The highest BCUT2D eigenvalue weighted by molar-refractivity contribution is 9.09. The molecule has 0 radical (unpaired) electrons. The van der Waals surface area contributed by atoms with Crippen molar-refractivity contribution in [2.24, 2.45) is 17.8 Å². The fraction of sp³-hybridized carbons (Fsp3) is 0.600. The number of hydrogen-bond acceptors (Lipinski definition) is 1. The maximum atomic E-state index is 6.21. The summed E-state index contributed by atoms with van der Waals surface area (Å²) in [5.74, 6) is 3.47. The Balaban J connectivity index is 1.76. The molecule has 0 N–H and O–H groups in total. The van der Waals surface area contributed by atoms with Crippen LogP contribution in [0.15, 0.2) is 18.2 Å². The second-order valence-corrected chi connectivity index (χ2v) is 6.88. The molecule has 3 rings (SSSR count). The molecule has 1 aromatic rings. The molecule has 2 saturated carbocycles. The number of methoxy groups -OCH3 is 1. The molecule has 0 amide bonds. The van der Waals surface area contributed by atoms with E-state index in [1.165, 1.54) is 31.2 Å². The van der Waals surface area contributed by atoms with Crippen molar-refractivity contribution in [3.8, 4) is 5.75 Å². The average Bonchev–Trinajstić information content (AvgIpc) is 3.12. The van der Waals surface area contributed by atoms with Gasteiger partial charge < -0.3 is 4.74 Å². The van der Waals surface area contributed by atoms with Crippen molar-refractivity contribution in [1.82, 2.24) is 0 Å². The van der Waals surface area contributed by atoms with E-state index in [-0.39, 0.29) is 0 Å². The summed E-state index contributed by atoms with van der Waals surface area (Å²) in [5.41, 5.74) is 1.29. The summed E-state index contributed by atoms with van der Waals surface area (Å²) >= 11 is 10.1. The molecule has 3 unspecified atom stereocenters. The van der Waals surface area contributed by atoms with Crippen LogP contribution < -0.4 is 4.74 Å². The molecule has 0 spiro atoms. The molecule has 3 heteroatoms. The molecule has 0 bridgehead atoms. The number of benzene rings is 1. The lowest BCUT2D eigenvalue weighted by molar-refractivity contribution is 0.415. The Kier molecular flexibility index (Phi) is 3.59. The number of hydrogen-bond donors (Lipinski definition) is 0. The summed E-state index contributed by atoms with van der Waals surface area (Å²) in [6, 6.07) is 6.15. The standard InChI is InChI=1S/C15H18BrClO/c1-18-13-7-6-9(8-12(13)17)15(16)14-10-4-2-3-5-11(10)14/h6-8,10-11,14-15H,2-5H2,1H3. The van der Waals surface area contributed by atoms with Gasteiger partial charge in [-0.3, -0.25) is 0 Å². The van der Waals surface area contributed by atoms with E-state index in [0.717, 1.165) is 23.5 Å². The second-order valence-electron chi connectivity index (χ2n) is 5.49. The van der Waals surface area contributed by atoms with Crippen LogP contribution in [0.3, 0.4) is 0 Å². The molecule has 98 valence electrons. The third kappa shape index (κ3) is 2.18. The molecular weight excluding hydrogens is 312 g/mol. The van der Waals surface area contributed by atoms with Gasteiger partial charge in [0.1, 0.15) is 5.75 Å². The van der Waals surface area contributed by atoms with Gasteiger partial charge in [0.15, 0.2) is 0 Å². The zero-order valence-electron chi connectivity index (χ0n) is 10.5. The van der Waals surface area contributed by atoms with Crippen molar-refractivity contribution in [3.63, 3.8) is 0 Å². The first-order valence-corrected chi connectivity index (χ1v) is 7.99. The van der Waals surface area contributed by atoms with Gasteiger partial charge in [0.2, 0.25) is 0 Å². The lowest BCUT2D eigenvalue weighted by Gasteiger charge is -2.12. The zero-order valence-corrected chi connectivity index (χ0v) is 12.9. The van der Waals surface area contributed by atoms with Gasteiger partial charge in [-0.15, -0.1) is 0 Å². The van der Waals surface area contributed by atoms with E-state index >= 15 is 0 Å². The van der Waals surface area contributed by atoms with Crippen LogP contribution in [-0.2, 0) is 0 Å². The first-order valence-electron chi connectivity index (χ1n) is 6.70. The van der Waals surface area contributed by atoms with Crippen molar-refractivity contribution < 1.29 is 4.74 Å². The molecule has 1 nitrogen and oxygen atoms in total. The highest BCUT2D eigenvalue weighted by Gasteiger charge is 2.53. The van der Waals surface area contributed by atoms with Gasteiger partial charge in [-0.1, -0.05) is 46.4 Å². The Labute approximate surface area is 122 Å². The van der Waals surface area contributed by atoms with E-state index in [1.807, 2.05) is 12.1 Å². The third-order valence-corrected chi connectivity index (χ3v) is 5.99. The summed E-state index contributed by atoms with van der Waals surface area (Å²) in [7, 11) is 1.65. The van der Waals surface area contributed by atoms with Gasteiger partial charge in [0, 0.05) is 4.83 Å². The molecule has 0 aliphatic heterocycles. The van der Waals surface area contributed by atoms with E-state index in [9.17, 15) is 0 Å². The van der Waals surface area contributed by atoms with Crippen molar-refractivity contribution in [1.29, 1.82) is 0 Å². The minimum atomic E-state index is 0.453. The summed E-state index contributed by atoms with van der Waals surface area (Å²) in [4.78, 5) is 0.453. The number of alkyl halides is 1. The van der Waals surface area contributed by atoms with Crippen LogP contribution in [0.5, 0.6) is 5.75 Å². The Morgan fingerprint density at radius 3 is 2.50 bits per heavy atom. The highest BCUT2D eigenvalue weighted by atomic mass is 79.9. The van der Waals surface area contributed by atoms with Gasteiger partial charge >= 0.3 is 0 Å². The van der Waals surface area contributed by atoms with Crippen LogP contribution in [0, 0.1) is 17.8 Å². The molecule has 0 heterocycles. The molecule has 3 atom stereocenters. The molecule has 2 aliphatic carbocycles. The first-order chi connectivity index (χ1) is 8.72. The minimum absolute atomic E-state index is 0.453. The number of halogens is 2. The van der Waals surface area contributed by atoms with Gasteiger partial charge in [-0.05, 0) is 48.3 Å². The number of rotatable bonds is 3. The van der Waals surface area contributed by atoms with Gasteiger partial charge in [0.05, 0.1) is 12.1 Å². The fourth-order valence-corrected chi connectivity index (χ4v) is 4.89. The summed E-state index contributed by atoms with van der Waals surface area (Å²) in [6.07, 6.45) is 5.67. The Morgan fingerprint density at radius 1 is 1.28 bits per heavy atom. The van der Waals surface area contributed by atoms with Crippen molar-refractivity contribution in [3.05, 3.63) is 28.8 Å². The van der Waals surface area contributed by atoms with E-state index in [0.29, 0.717) is 9.85 Å². The lowest BCUT2D eigenvalue weighted by atomic mass is 10.0. The predicted molar refractivity (Wildman–Crippen MR) is 78.6 cm³/mol. The van der Waals surface area contributed by atoms with Gasteiger partial charge in [-0.2, -0.15) is 0 Å². The van der Waals surface area contributed by atoms with E-state index in [1.54, 1.807) is 7.11 Å². The molecule has 0 saturated heterocycles.